The average molecular weight is 633 g/mol. The lowest BCUT2D eigenvalue weighted by atomic mass is 9.86. The van der Waals surface area contributed by atoms with E-state index in [1.54, 1.807) is 11.3 Å². The summed E-state index contributed by atoms with van der Waals surface area (Å²) in [5.41, 5.74) is 5.51. The molecule has 2 heterocycles. The van der Waals surface area contributed by atoms with Crippen LogP contribution in [0.3, 0.4) is 0 Å². The van der Waals surface area contributed by atoms with E-state index >= 15 is 0 Å². The summed E-state index contributed by atoms with van der Waals surface area (Å²) in [6.07, 6.45) is 3.26. The molecule has 0 bridgehead atoms. The number of para-hydroxylation sites is 1. The maximum absolute atomic E-state index is 13.8. The quantitative estimate of drug-likeness (QED) is 0.115. The maximum atomic E-state index is 13.8. The third kappa shape index (κ3) is 6.12. The van der Waals surface area contributed by atoms with E-state index < -0.39 is 11.7 Å². The van der Waals surface area contributed by atoms with Gasteiger partial charge in [-0.25, -0.2) is 9.78 Å². The molecule has 0 atom stereocenters. The van der Waals surface area contributed by atoms with Crippen LogP contribution in [0.5, 0.6) is 0 Å². The maximum Gasteiger partial charge on any atom is 0.435 e. The molecule has 0 unspecified atom stereocenters. The number of unbranched alkanes of at least 4 members (excludes halogenated alkanes) is 1. The van der Waals surface area contributed by atoms with Gasteiger partial charge in [-0.1, -0.05) is 102 Å². The Morgan fingerprint density at radius 3 is 2.26 bits per heavy atom. The van der Waals surface area contributed by atoms with Gasteiger partial charge in [0.05, 0.1) is 23.9 Å². The highest BCUT2D eigenvalue weighted by atomic mass is 32.1. The molecule has 7 rings (SSSR count). The fraction of sp³-hybridized carbons (Fsp3) is 0.316. The Morgan fingerprint density at radius 1 is 0.826 bits per heavy atom. The van der Waals surface area contributed by atoms with Crippen molar-refractivity contribution in [3.63, 3.8) is 0 Å². The van der Waals surface area contributed by atoms with Crippen molar-refractivity contribution >= 4 is 32.8 Å². The van der Waals surface area contributed by atoms with E-state index in [-0.39, 0.29) is 0 Å². The first-order valence-corrected chi connectivity index (χ1v) is 17.1. The van der Waals surface area contributed by atoms with Gasteiger partial charge in [-0.05, 0) is 67.6 Å². The van der Waals surface area contributed by atoms with Crippen LogP contribution in [0.2, 0.25) is 0 Å². The number of aromatic nitrogens is 1. The van der Waals surface area contributed by atoms with Crippen LogP contribution in [0.25, 0.3) is 21.3 Å². The number of rotatable bonds is 10. The number of fused-ring (bicyclic) bond motifs is 4. The Bertz CT molecular complexity index is 1710. The molecule has 1 aromatic heterocycles. The number of ether oxygens (including phenoxy) is 1. The lowest BCUT2D eigenvalue weighted by molar-refractivity contribution is -0.133. The number of hydroxylamine groups is 2. The summed E-state index contributed by atoms with van der Waals surface area (Å²) in [6, 6.07) is 34.9. The zero-order valence-corrected chi connectivity index (χ0v) is 27.1. The Morgan fingerprint density at radius 2 is 1.52 bits per heavy atom. The van der Waals surface area contributed by atoms with Crippen LogP contribution < -0.4 is 4.90 Å². The van der Waals surface area contributed by atoms with Crippen LogP contribution in [0.4, 0.5) is 9.93 Å². The summed E-state index contributed by atoms with van der Waals surface area (Å²) < 4.78 is 7.86. The van der Waals surface area contributed by atoms with Gasteiger partial charge in [-0.2, -0.15) is 5.06 Å². The largest absolute Gasteiger partial charge is 0.435 e. The minimum atomic E-state index is -0.889. The van der Waals surface area contributed by atoms with E-state index in [2.05, 4.69) is 70.5 Å². The predicted octanol–water partition coefficient (Wildman–Crippen LogP) is 8.10. The smallest absolute Gasteiger partial charge is 0.431 e. The summed E-state index contributed by atoms with van der Waals surface area (Å²) in [6.45, 7) is 5.43. The van der Waals surface area contributed by atoms with Crippen LogP contribution in [0.15, 0.2) is 103 Å². The van der Waals surface area contributed by atoms with Crippen molar-refractivity contribution in [2.24, 2.45) is 0 Å². The molecule has 1 aliphatic carbocycles. The Labute approximate surface area is 274 Å². The van der Waals surface area contributed by atoms with Gasteiger partial charge in [-0.15, -0.1) is 0 Å². The molecule has 0 spiro atoms. The molecule has 1 aliphatic heterocycles. The molecule has 0 saturated carbocycles. The molecule has 1 fully saturated rings. The molecule has 4 aromatic carbocycles. The predicted molar refractivity (Wildman–Crippen MR) is 185 cm³/mol. The lowest BCUT2D eigenvalue weighted by Gasteiger charge is -2.34. The molecule has 2 aliphatic rings. The van der Waals surface area contributed by atoms with Crippen molar-refractivity contribution in [2.45, 2.75) is 37.8 Å². The molecule has 7 nitrogen and oxygen atoms in total. The fourth-order valence-corrected chi connectivity index (χ4v) is 7.98. The van der Waals surface area contributed by atoms with Crippen LogP contribution in [0, 0.1) is 0 Å². The molecule has 0 radical (unpaired) electrons. The topological polar surface area (TPSA) is 58.1 Å². The molecular formula is C38H40N4O3S. The molecule has 236 valence electrons. The summed E-state index contributed by atoms with van der Waals surface area (Å²) in [5, 5.41) is 2.44. The van der Waals surface area contributed by atoms with E-state index in [4.69, 9.17) is 14.6 Å². The van der Waals surface area contributed by atoms with Crippen molar-refractivity contribution in [3.8, 4) is 11.1 Å². The van der Waals surface area contributed by atoms with Gasteiger partial charge in [0.15, 0.2) is 10.7 Å². The van der Waals surface area contributed by atoms with Gasteiger partial charge in [0, 0.05) is 30.8 Å². The number of hydrogen-bond donors (Lipinski definition) is 0. The highest BCUT2D eigenvalue weighted by Gasteiger charge is 2.47. The molecular weight excluding hydrogens is 593 g/mol. The summed E-state index contributed by atoms with van der Waals surface area (Å²) >= 11 is 1.79. The van der Waals surface area contributed by atoms with Crippen molar-refractivity contribution in [1.82, 2.24) is 14.9 Å². The number of amides is 1. The van der Waals surface area contributed by atoms with Crippen LogP contribution in [-0.4, -0.2) is 60.9 Å². The third-order valence-corrected chi connectivity index (χ3v) is 10.4. The molecule has 46 heavy (non-hydrogen) atoms. The minimum absolute atomic E-state index is 0.304. The fourth-order valence-electron chi connectivity index (χ4n) is 6.96. The number of carbonyl (C=O) groups excluding carboxylic acids is 1. The zero-order valence-electron chi connectivity index (χ0n) is 26.3. The Hall–Kier alpha value is -4.24. The lowest BCUT2D eigenvalue weighted by Crippen LogP contribution is -2.39. The van der Waals surface area contributed by atoms with Gasteiger partial charge in [0.25, 0.3) is 0 Å². The van der Waals surface area contributed by atoms with E-state index in [0.29, 0.717) is 13.0 Å². The first kappa shape index (κ1) is 30.4. The monoisotopic (exact) mass is 632 g/mol. The Kier molecular flexibility index (Phi) is 9.01. The van der Waals surface area contributed by atoms with Crippen molar-refractivity contribution in [3.05, 3.63) is 120 Å². The Balaban J connectivity index is 1.05. The van der Waals surface area contributed by atoms with Crippen molar-refractivity contribution in [1.29, 1.82) is 0 Å². The number of nitrogens with zero attached hydrogens (tertiary/aromatic N) is 4. The van der Waals surface area contributed by atoms with Gasteiger partial charge in [0.2, 0.25) is 0 Å². The molecule has 1 saturated heterocycles. The normalized spacial score (nSPS) is 15.7. The van der Waals surface area contributed by atoms with E-state index in [1.165, 1.54) is 16.9 Å². The molecule has 0 N–H and O–H groups in total. The SMILES string of the molecule is CON(Cc1ccccc1)C(=O)OC1(CCCCN2CCCN(c3nc4ccccc4s3)CC2)c2ccccc2-c2ccccc21. The first-order chi connectivity index (χ1) is 22.6. The third-order valence-electron chi connectivity index (χ3n) is 9.26. The number of anilines is 1. The molecule has 1 amide bonds. The van der Waals surface area contributed by atoms with E-state index in [9.17, 15) is 4.79 Å². The molecule has 5 aromatic rings. The van der Waals surface area contributed by atoms with Crippen LogP contribution in [0.1, 0.15) is 42.4 Å². The molecule has 8 heteroatoms. The standard InChI is InChI=1S/C38H40N4O3S/c1-44-42(28-29-14-3-2-4-15-29)37(43)45-38(32-18-7-5-16-30(32)31-17-6-8-19-33(31)38)22-11-12-23-40-24-13-25-41(27-26-40)36-39-34-20-9-10-21-35(34)46-36/h2-10,14-21H,11-13,22-28H2,1H3. The average Bonchev–Trinajstić information content (AvgIpc) is 3.54. The second-order valence-electron chi connectivity index (χ2n) is 12.1. The highest BCUT2D eigenvalue weighted by molar-refractivity contribution is 7.22. The van der Waals surface area contributed by atoms with Gasteiger partial charge >= 0.3 is 6.09 Å². The van der Waals surface area contributed by atoms with Gasteiger partial charge < -0.3 is 14.5 Å². The second-order valence-corrected chi connectivity index (χ2v) is 13.1. The minimum Gasteiger partial charge on any atom is -0.431 e. The summed E-state index contributed by atoms with van der Waals surface area (Å²) in [4.78, 5) is 29.3. The number of hydrogen-bond acceptors (Lipinski definition) is 7. The number of thiazole rings is 1. The van der Waals surface area contributed by atoms with Crippen LogP contribution >= 0.6 is 11.3 Å². The highest BCUT2D eigenvalue weighted by Crippen LogP contribution is 2.52. The van der Waals surface area contributed by atoms with Crippen LogP contribution in [-0.2, 0) is 21.7 Å². The van der Waals surface area contributed by atoms with Gasteiger partial charge in [-0.3, -0.25) is 4.84 Å². The zero-order chi connectivity index (χ0) is 31.3. The second kappa shape index (κ2) is 13.6. The van der Waals surface area contributed by atoms with Crippen molar-refractivity contribution < 1.29 is 14.4 Å². The summed E-state index contributed by atoms with van der Waals surface area (Å²) in [5.74, 6) is 0. The summed E-state index contributed by atoms with van der Waals surface area (Å²) in [7, 11) is 1.52. The van der Waals surface area contributed by atoms with Crippen molar-refractivity contribution in [2.75, 3.05) is 44.7 Å². The van der Waals surface area contributed by atoms with Gasteiger partial charge in [0.1, 0.15) is 0 Å². The van der Waals surface area contributed by atoms with E-state index in [1.807, 2.05) is 42.5 Å². The first-order valence-electron chi connectivity index (χ1n) is 16.3. The number of benzene rings is 4. The van der Waals surface area contributed by atoms with E-state index in [0.717, 1.165) is 90.5 Å². The number of carbonyl (C=O) groups is 1.